The summed E-state index contributed by atoms with van der Waals surface area (Å²) in [5.74, 6) is 0. The van der Waals surface area contributed by atoms with Crippen molar-refractivity contribution in [1.29, 1.82) is 0 Å². The summed E-state index contributed by atoms with van der Waals surface area (Å²) < 4.78 is 1.13. The molecule has 1 aliphatic carbocycles. The molecule has 0 unspecified atom stereocenters. The van der Waals surface area contributed by atoms with Crippen LogP contribution in [0.1, 0.15) is 32.1 Å². The van der Waals surface area contributed by atoms with Crippen LogP contribution in [0.3, 0.4) is 0 Å². The lowest BCUT2D eigenvalue weighted by Crippen LogP contribution is -2.57. The molecule has 0 radical (unpaired) electrons. The number of hydrogen-bond acceptors (Lipinski definition) is 2. The van der Waals surface area contributed by atoms with Crippen molar-refractivity contribution in [1.82, 2.24) is 0 Å². The molecule has 2 aliphatic rings. The Morgan fingerprint density at radius 2 is 1.82 bits per heavy atom. The average Bonchev–Trinajstić information content (AvgIpc) is 2.27. The molecule has 1 saturated carbocycles. The molecule has 1 aliphatic heterocycles. The van der Waals surface area contributed by atoms with E-state index in [1.54, 1.807) is 0 Å². The van der Waals surface area contributed by atoms with Gasteiger partial charge in [-0.25, -0.2) is 0 Å². The van der Waals surface area contributed by atoms with E-state index in [4.69, 9.17) is 5.73 Å². The predicted molar refractivity (Wildman–Crippen MR) is 76.3 cm³/mol. The number of nitrogens with two attached hydrogens (primary N) is 1. The number of nitrogens with zero attached hydrogens (tertiary/aromatic N) is 1. The predicted octanol–water partition coefficient (Wildman–Crippen LogP) is 3.80. The molecule has 17 heavy (non-hydrogen) atoms. The maximum Gasteiger partial charge on any atom is 0.0512 e. The number of halogens is 1. The Bertz CT molecular complexity index is 416. The number of anilines is 2. The summed E-state index contributed by atoms with van der Waals surface area (Å²) in [6.45, 7) is 2.46. The van der Waals surface area contributed by atoms with Crippen LogP contribution < -0.4 is 10.6 Å². The molecule has 1 aromatic rings. The second-order valence-corrected chi connectivity index (χ2v) is 6.48. The fourth-order valence-electron chi connectivity index (χ4n) is 3.33. The highest BCUT2D eigenvalue weighted by Gasteiger charge is 2.43. The molecule has 2 fully saturated rings. The highest BCUT2D eigenvalue weighted by molar-refractivity contribution is 9.10. The maximum atomic E-state index is 5.77. The first kappa shape index (κ1) is 11.4. The zero-order chi connectivity index (χ0) is 11.9. The number of rotatable bonds is 1. The Morgan fingerprint density at radius 1 is 1.12 bits per heavy atom. The third-order valence-corrected chi connectivity index (χ3v) is 4.91. The van der Waals surface area contributed by atoms with Gasteiger partial charge in [0.2, 0.25) is 0 Å². The van der Waals surface area contributed by atoms with Crippen LogP contribution in [-0.4, -0.2) is 13.1 Å². The zero-order valence-electron chi connectivity index (χ0n) is 10.1. The van der Waals surface area contributed by atoms with Crippen LogP contribution in [0.5, 0.6) is 0 Å². The molecule has 0 aromatic heterocycles. The van der Waals surface area contributed by atoms with E-state index < -0.39 is 0 Å². The molecule has 92 valence electrons. The van der Waals surface area contributed by atoms with Crippen LogP contribution in [0.25, 0.3) is 0 Å². The second-order valence-electron chi connectivity index (χ2n) is 5.63. The van der Waals surface area contributed by atoms with Gasteiger partial charge in [-0.05, 0) is 47.0 Å². The summed E-state index contributed by atoms with van der Waals surface area (Å²) in [6, 6.07) is 6.13. The van der Waals surface area contributed by atoms with Gasteiger partial charge in [-0.2, -0.15) is 0 Å². The quantitative estimate of drug-likeness (QED) is 0.798. The van der Waals surface area contributed by atoms with E-state index in [0.717, 1.165) is 10.2 Å². The first-order valence-electron chi connectivity index (χ1n) is 6.49. The van der Waals surface area contributed by atoms with E-state index in [-0.39, 0.29) is 0 Å². The molecule has 3 rings (SSSR count). The molecule has 3 heteroatoms. The monoisotopic (exact) mass is 294 g/mol. The summed E-state index contributed by atoms with van der Waals surface area (Å²) in [7, 11) is 0. The lowest BCUT2D eigenvalue weighted by molar-refractivity contribution is 0.139. The van der Waals surface area contributed by atoms with Gasteiger partial charge in [0.25, 0.3) is 0 Å². The highest BCUT2D eigenvalue weighted by Crippen LogP contribution is 2.46. The van der Waals surface area contributed by atoms with Crippen molar-refractivity contribution in [3.05, 3.63) is 22.7 Å². The van der Waals surface area contributed by atoms with Gasteiger partial charge in [0.15, 0.2) is 0 Å². The van der Waals surface area contributed by atoms with Crippen molar-refractivity contribution >= 4 is 27.3 Å². The van der Waals surface area contributed by atoms with E-state index in [1.165, 1.54) is 50.9 Å². The number of benzene rings is 1. The number of nitrogen functional groups attached to an aromatic ring is 1. The molecular formula is C14H19BrN2. The molecule has 1 aromatic carbocycles. The minimum atomic E-state index is 0.638. The summed E-state index contributed by atoms with van der Waals surface area (Å²) in [4.78, 5) is 2.48. The lowest BCUT2D eigenvalue weighted by atomic mass is 9.68. The minimum absolute atomic E-state index is 0.638. The van der Waals surface area contributed by atoms with Crippen molar-refractivity contribution in [2.24, 2.45) is 5.41 Å². The topological polar surface area (TPSA) is 29.3 Å². The minimum Gasteiger partial charge on any atom is -0.399 e. The third-order valence-electron chi connectivity index (χ3n) is 4.28. The van der Waals surface area contributed by atoms with E-state index in [1.807, 2.05) is 12.1 Å². The maximum absolute atomic E-state index is 5.77. The van der Waals surface area contributed by atoms with Gasteiger partial charge in [-0.3, -0.25) is 0 Å². The van der Waals surface area contributed by atoms with E-state index in [0.29, 0.717) is 5.41 Å². The Hall–Kier alpha value is -0.700. The molecule has 0 atom stereocenters. The van der Waals surface area contributed by atoms with Gasteiger partial charge in [0, 0.05) is 28.7 Å². The van der Waals surface area contributed by atoms with Crippen LogP contribution in [0.2, 0.25) is 0 Å². The van der Waals surface area contributed by atoms with Gasteiger partial charge in [-0.1, -0.05) is 19.3 Å². The van der Waals surface area contributed by atoms with Crippen LogP contribution in [-0.2, 0) is 0 Å². The molecular weight excluding hydrogens is 276 g/mol. The molecule has 1 spiro atoms. The van der Waals surface area contributed by atoms with E-state index in [9.17, 15) is 0 Å². The lowest BCUT2D eigenvalue weighted by Gasteiger charge is -2.53. The highest BCUT2D eigenvalue weighted by atomic mass is 79.9. The van der Waals surface area contributed by atoms with Gasteiger partial charge < -0.3 is 10.6 Å². The van der Waals surface area contributed by atoms with Crippen LogP contribution in [0.15, 0.2) is 22.7 Å². The van der Waals surface area contributed by atoms with Crippen LogP contribution in [0, 0.1) is 5.41 Å². The second kappa shape index (κ2) is 4.20. The van der Waals surface area contributed by atoms with Crippen molar-refractivity contribution in [2.45, 2.75) is 32.1 Å². The van der Waals surface area contributed by atoms with Gasteiger partial charge in [-0.15, -0.1) is 0 Å². The standard InChI is InChI=1S/C14H19BrN2/c15-12-8-11(16)4-5-13(12)17-9-14(10-17)6-2-1-3-7-14/h4-5,8H,1-3,6-7,9-10,16H2. The normalized spacial score (nSPS) is 22.5. The Kier molecular flexibility index (Phi) is 2.81. The fraction of sp³-hybridized carbons (Fsp3) is 0.571. The largest absolute Gasteiger partial charge is 0.399 e. The Morgan fingerprint density at radius 3 is 2.47 bits per heavy atom. The van der Waals surface area contributed by atoms with Crippen LogP contribution >= 0.6 is 15.9 Å². The summed E-state index contributed by atoms with van der Waals surface area (Å²) in [5.41, 5.74) is 8.54. The van der Waals surface area contributed by atoms with Gasteiger partial charge >= 0.3 is 0 Å². The first-order chi connectivity index (χ1) is 8.19. The number of hydrogen-bond donors (Lipinski definition) is 1. The third kappa shape index (κ3) is 2.05. The molecule has 2 N–H and O–H groups in total. The smallest absolute Gasteiger partial charge is 0.0512 e. The molecule has 1 heterocycles. The van der Waals surface area contributed by atoms with Crippen molar-refractivity contribution in [3.8, 4) is 0 Å². The SMILES string of the molecule is Nc1ccc(N2CC3(CCCCC3)C2)c(Br)c1. The molecule has 1 saturated heterocycles. The molecule has 0 bridgehead atoms. The Balaban J connectivity index is 1.72. The average molecular weight is 295 g/mol. The Labute approximate surface area is 111 Å². The summed E-state index contributed by atoms with van der Waals surface area (Å²) in [5, 5.41) is 0. The van der Waals surface area contributed by atoms with Crippen molar-refractivity contribution in [2.75, 3.05) is 23.7 Å². The van der Waals surface area contributed by atoms with Crippen molar-refractivity contribution < 1.29 is 0 Å². The van der Waals surface area contributed by atoms with Gasteiger partial charge in [0.1, 0.15) is 0 Å². The van der Waals surface area contributed by atoms with Gasteiger partial charge in [0.05, 0.1) is 5.69 Å². The summed E-state index contributed by atoms with van der Waals surface area (Å²) >= 11 is 3.61. The van der Waals surface area contributed by atoms with Crippen molar-refractivity contribution in [3.63, 3.8) is 0 Å². The van der Waals surface area contributed by atoms with E-state index >= 15 is 0 Å². The zero-order valence-corrected chi connectivity index (χ0v) is 11.7. The first-order valence-corrected chi connectivity index (χ1v) is 7.28. The van der Waals surface area contributed by atoms with E-state index in [2.05, 4.69) is 26.9 Å². The molecule has 0 amide bonds. The fourth-order valence-corrected chi connectivity index (χ4v) is 3.98. The summed E-state index contributed by atoms with van der Waals surface area (Å²) in [6.07, 6.45) is 7.15. The van der Waals surface area contributed by atoms with Crippen LogP contribution in [0.4, 0.5) is 11.4 Å². The molecule has 2 nitrogen and oxygen atoms in total.